The molecular formula is C24H28N4O. The van der Waals surface area contributed by atoms with Crippen molar-refractivity contribution in [1.29, 1.82) is 0 Å². The van der Waals surface area contributed by atoms with E-state index in [-0.39, 0.29) is 0 Å². The average Bonchev–Trinajstić information content (AvgIpc) is 3.33. The summed E-state index contributed by atoms with van der Waals surface area (Å²) in [4.78, 5) is 7.14. The maximum atomic E-state index is 6.09. The standard InChI is InChI=1S/C24H28N4O/c1-18-26-27-23(29-18)24(20-8-3-2-4-9-20,21-10-6-13-25-16-21)12-14-28-17-19-7-5-11-22(28)15-19/h2-4,6,8-10,13,16,19,22H,5,7,11-12,14-15,17H2,1H3. The number of benzene rings is 1. The van der Waals surface area contributed by atoms with Gasteiger partial charge < -0.3 is 9.32 Å². The first kappa shape index (κ1) is 18.5. The molecule has 3 unspecified atom stereocenters. The molecule has 2 aromatic heterocycles. The van der Waals surface area contributed by atoms with Crippen LogP contribution in [0.2, 0.25) is 0 Å². The van der Waals surface area contributed by atoms with Crippen LogP contribution in [0.15, 0.2) is 59.3 Å². The second-order valence-electron chi connectivity index (χ2n) is 8.57. The van der Waals surface area contributed by atoms with E-state index in [1.54, 1.807) is 0 Å². The summed E-state index contributed by atoms with van der Waals surface area (Å²) in [6.45, 7) is 4.11. The molecule has 2 bridgehead atoms. The molecule has 5 heteroatoms. The summed E-state index contributed by atoms with van der Waals surface area (Å²) in [5.74, 6) is 2.14. The normalized spacial score (nSPS) is 23.8. The van der Waals surface area contributed by atoms with Gasteiger partial charge in [0.15, 0.2) is 0 Å². The largest absolute Gasteiger partial charge is 0.424 e. The highest BCUT2D eigenvalue weighted by Gasteiger charge is 2.43. The zero-order valence-corrected chi connectivity index (χ0v) is 17.0. The van der Waals surface area contributed by atoms with Crippen molar-refractivity contribution >= 4 is 0 Å². The Morgan fingerprint density at radius 1 is 1.07 bits per heavy atom. The number of fused-ring (bicyclic) bond motifs is 2. The van der Waals surface area contributed by atoms with Crippen LogP contribution in [-0.2, 0) is 5.41 Å². The minimum atomic E-state index is -0.493. The number of likely N-dealkylation sites (tertiary alicyclic amines) is 1. The van der Waals surface area contributed by atoms with Crippen LogP contribution in [0.4, 0.5) is 0 Å². The predicted molar refractivity (Wildman–Crippen MR) is 112 cm³/mol. The predicted octanol–water partition coefficient (Wildman–Crippen LogP) is 4.37. The molecule has 3 heterocycles. The lowest BCUT2D eigenvalue weighted by Crippen LogP contribution is -2.37. The SMILES string of the molecule is Cc1nnc(C(CCN2CC3CCCC2C3)(c2ccccc2)c2cccnc2)o1. The highest BCUT2D eigenvalue weighted by molar-refractivity contribution is 5.44. The molecule has 2 fully saturated rings. The maximum absolute atomic E-state index is 6.09. The first-order chi connectivity index (χ1) is 14.3. The monoisotopic (exact) mass is 388 g/mol. The molecule has 1 saturated carbocycles. The van der Waals surface area contributed by atoms with Gasteiger partial charge in [-0.1, -0.05) is 42.8 Å². The minimum absolute atomic E-state index is 0.493. The van der Waals surface area contributed by atoms with Crippen LogP contribution in [0.3, 0.4) is 0 Å². The minimum Gasteiger partial charge on any atom is -0.424 e. The highest BCUT2D eigenvalue weighted by atomic mass is 16.4. The zero-order valence-electron chi connectivity index (χ0n) is 17.0. The van der Waals surface area contributed by atoms with E-state index >= 15 is 0 Å². The molecule has 150 valence electrons. The topological polar surface area (TPSA) is 55.1 Å². The van der Waals surface area contributed by atoms with Crippen molar-refractivity contribution in [2.45, 2.75) is 50.5 Å². The van der Waals surface area contributed by atoms with Gasteiger partial charge in [0.1, 0.15) is 5.41 Å². The van der Waals surface area contributed by atoms with Gasteiger partial charge in [-0.2, -0.15) is 0 Å². The van der Waals surface area contributed by atoms with Crippen LogP contribution in [0.5, 0.6) is 0 Å². The number of hydrogen-bond acceptors (Lipinski definition) is 5. The van der Waals surface area contributed by atoms with Gasteiger partial charge in [-0.05, 0) is 48.8 Å². The molecule has 0 N–H and O–H groups in total. The second kappa shape index (κ2) is 7.71. The summed E-state index contributed by atoms with van der Waals surface area (Å²) in [7, 11) is 0. The Bertz CT molecular complexity index is 900. The van der Waals surface area contributed by atoms with Gasteiger partial charge in [0, 0.05) is 38.4 Å². The molecule has 5 rings (SSSR count). The fourth-order valence-electron chi connectivity index (χ4n) is 5.44. The molecule has 0 amide bonds. The van der Waals surface area contributed by atoms with E-state index in [0.717, 1.165) is 30.5 Å². The van der Waals surface area contributed by atoms with Crippen molar-refractivity contribution in [2.24, 2.45) is 5.92 Å². The highest BCUT2D eigenvalue weighted by Crippen LogP contribution is 2.43. The molecule has 3 atom stereocenters. The Morgan fingerprint density at radius 3 is 2.66 bits per heavy atom. The Labute approximate surface area is 172 Å². The molecule has 1 aromatic carbocycles. The molecular weight excluding hydrogens is 360 g/mol. The summed E-state index contributed by atoms with van der Waals surface area (Å²) < 4.78 is 6.09. The number of rotatable bonds is 6. The average molecular weight is 389 g/mol. The summed E-state index contributed by atoms with van der Waals surface area (Å²) in [6.07, 6.45) is 10.1. The maximum Gasteiger partial charge on any atom is 0.231 e. The number of hydrogen-bond donors (Lipinski definition) is 0. The quantitative estimate of drug-likeness (QED) is 0.627. The van der Waals surface area contributed by atoms with Crippen LogP contribution in [-0.4, -0.2) is 39.2 Å². The lowest BCUT2D eigenvalue weighted by Gasteiger charge is -2.34. The zero-order chi connectivity index (χ0) is 19.7. The van der Waals surface area contributed by atoms with Crippen molar-refractivity contribution in [1.82, 2.24) is 20.1 Å². The van der Waals surface area contributed by atoms with Gasteiger partial charge in [-0.3, -0.25) is 4.98 Å². The first-order valence-corrected chi connectivity index (χ1v) is 10.8. The fourth-order valence-corrected chi connectivity index (χ4v) is 5.44. The van der Waals surface area contributed by atoms with Crippen molar-refractivity contribution in [2.75, 3.05) is 13.1 Å². The Kier molecular flexibility index (Phi) is 4.92. The molecule has 1 saturated heterocycles. The molecule has 1 aliphatic heterocycles. The summed E-state index contributed by atoms with van der Waals surface area (Å²) in [5.41, 5.74) is 1.80. The molecule has 5 nitrogen and oxygen atoms in total. The van der Waals surface area contributed by atoms with E-state index in [9.17, 15) is 0 Å². The van der Waals surface area contributed by atoms with E-state index in [0.29, 0.717) is 11.8 Å². The second-order valence-corrected chi connectivity index (χ2v) is 8.57. The fraction of sp³-hybridized carbons (Fsp3) is 0.458. The van der Waals surface area contributed by atoms with Crippen LogP contribution in [0.25, 0.3) is 0 Å². The van der Waals surface area contributed by atoms with Crippen LogP contribution < -0.4 is 0 Å². The van der Waals surface area contributed by atoms with Gasteiger partial charge in [0.2, 0.25) is 11.8 Å². The van der Waals surface area contributed by atoms with Gasteiger partial charge >= 0.3 is 0 Å². The van der Waals surface area contributed by atoms with E-state index < -0.39 is 5.41 Å². The number of aromatic nitrogens is 3. The number of nitrogens with zero attached hydrogens (tertiary/aromatic N) is 4. The molecule has 1 aliphatic carbocycles. The lowest BCUT2D eigenvalue weighted by molar-refractivity contribution is 0.223. The van der Waals surface area contributed by atoms with E-state index in [2.05, 4.69) is 56.5 Å². The third kappa shape index (κ3) is 3.38. The molecule has 3 aromatic rings. The van der Waals surface area contributed by atoms with Crippen LogP contribution in [0, 0.1) is 12.8 Å². The van der Waals surface area contributed by atoms with Gasteiger partial charge in [-0.25, -0.2) is 0 Å². The number of pyridine rings is 1. The smallest absolute Gasteiger partial charge is 0.231 e. The first-order valence-electron chi connectivity index (χ1n) is 10.8. The van der Waals surface area contributed by atoms with Crippen molar-refractivity contribution in [3.63, 3.8) is 0 Å². The van der Waals surface area contributed by atoms with Gasteiger partial charge in [-0.15, -0.1) is 10.2 Å². The van der Waals surface area contributed by atoms with Gasteiger partial charge in [0.25, 0.3) is 0 Å². The van der Waals surface area contributed by atoms with Crippen LogP contribution in [0.1, 0.15) is 55.0 Å². The summed E-state index contributed by atoms with van der Waals surface area (Å²) in [6, 6.07) is 15.5. The van der Waals surface area contributed by atoms with Crippen LogP contribution >= 0.6 is 0 Å². The van der Waals surface area contributed by atoms with Crippen molar-refractivity contribution in [3.05, 3.63) is 77.8 Å². The van der Waals surface area contributed by atoms with E-state index in [1.807, 2.05) is 25.4 Å². The Morgan fingerprint density at radius 2 is 1.93 bits per heavy atom. The molecule has 2 aliphatic rings. The lowest BCUT2D eigenvalue weighted by atomic mass is 9.72. The Balaban J connectivity index is 1.58. The van der Waals surface area contributed by atoms with Crippen molar-refractivity contribution < 1.29 is 4.42 Å². The molecule has 0 spiro atoms. The van der Waals surface area contributed by atoms with E-state index in [4.69, 9.17) is 4.42 Å². The van der Waals surface area contributed by atoms with Gasteiger partial charge in [0.05, 0.1) is 0 Å². The third-order valence-corrected chi connectivity index (χ3v) is 6.85. The summed E-state index contributed by atoms with van der Waals surface area (Å²) >= 11 is 0. The molecule has 0 radical (unpaired) electrons. The third-order valence-electron chi connectivity index (χ3n) is 6.85. The Hall–Kier alpha value is -2.53. The molecule has 29 heavy (non-hydrogen) atoms. The van der Waals surface area contributed by atoms with Crippen molar-refractivity contribution in [3.8, 4) is 0 Å². The van der Waals surface area contributed by atoms with E-state index in [1.165, 1.54) is 37.8 Å². The summed E-state index contributed by atoms with van der Waals surface area (Å²) in [5, 5.41) is 8.71. The number of aryl methyl sites for hydroxylation is 1.